The van der Waals surface area contributed by atoms with Gasteiger partial charge in [0.1, 0.15) is 5.75 Å². The molecule has 2 fully saturated rings. The summed E-state index contributed by atoms with van der Waals surface area (Å²) in [6, 6.07) is 14.4. The number of unbranched alkanes of at least 4 members (excludes halogenated alkanes) is 4. The zero-order chi connectivity index (χ0) is 30.4. The molecule has 1 aromatic heterocycles. The maximum absolute atomic E-state index is 13.9. The summed E-state index contributed by atoms with van der Waals surface area (Å²) in [6.45, 7) is 8.87. The fourth-order valence-corrected chi connectivity index (χ4v) is 7.90. The maximum Gasteiger partial charge on any atom is 0.223 e. The maximum atomic E-state index is 13.9. The average molecular weight is 627 g/mol. The van der Waals surface area contributed by atoms with Crippen molar-refractivity contribution >= 4 is 37.2 Å². The molecule has 2 aliphatic rings. The van der Waals surface area contributed by atoms with Gasteiger partial charge in [0.2, 0.25) is 9.84 Å². The summed E-state index contributed by atoms with van der Waals surface area (Å²) < 4.78 is 45.9. The van der Waals surface area contributed by atoms with Gasteiger partial charge in [0.05, 0.1) is 17.0 Å². The number of benzene rings is 2. The van der Waals surface area contributed by atoms with E-state index in [-0.39, 0.29) is 9.92 Å². The van der Waals surface area contributed by atoms with Gasteiger partial charge in [-0.2, -0.15) is 0 Å². The van der Waals surface area contributed by atoms with Gasteiger partial charge in [-0.3, -0.25) is 9.11 Å². The van der Waals surface area contributed by atoms with E-state index in [0.717, 1.165) is 76.0 Å². The van der Waals surface area contributed by atoms with Crippen molar-refractivity contribution in [3.63, 3.8) is 0 Å². The first-order valence-electron chi connectivity index (χ1n) is 15.7. The molecule has 1 atom stereocenters. The number of pyridine rings is 1. The van der Waals surface area contributed by atoms with Gasteiger partial charge in [-0.25, -0.2) is 13.4 Å². The Hall–Kier alpha value is -2.53. The van der Waals surface area contributed by atoms with Crippen LogP contribution in [0.2, 0.25) is 0 Å². The number of anilines is 1. The number of hydrogen-bond donors (Lipinski definition) is 0. The van der Waals surface area contributed by atoms with Crippen LogP contribution in [0.5, 0.6) is 5.75 Å². The SMILES string of the molecule is CCCCCCCOc1ccc(S(=O)(=O)c2cc(N3CCC(N4CCN(C)CC4)CC3)c3cc(S(C)=O)ccc3n2)cc1. The molecule has 5 rings (SSSR count). The minimum absolute atomic E-state index is 0.0335. The molecule has 0 radical (unpaired) electrons. The van der Waals surface area contributed by atoms with E-state index in [4.69, 9.17) is 4.74 Å². The number of ether oxygens (including phenoxy) is 1. The van der Waals surface area contributed by atoms with Crippen LogP contribution in [-0.4, -0.2) is 92.6 Å². The second kappa shape index (κ2) is 14.5. The number of piperidine rings is 1. The van der Waals surface area contributed by atoms with Gasteiger partial charge in [0, 0.05) is 78.3 Å². The monoisotopic (exact) mass is 626 g/mol. The lowest BCUT2D eigenvalue weighted by Gasteiger charge is -2.42. The Bertz CT molecular complexity index is 1500. The number of aromatic nitrogens is 1. The second-order valence-corrected chi connectivity index (χ2v) is 15.2. The minimum Gasteiger partial charge on any atom is -0.494 e. The van der Waals surface area contributed by atoms with Crippen LogP contribution < -0.4 is 9.64 Å². The first-order chi connectivity index (χ1) is 20.8. The van der Waals surface area contributed by atoms with Crippen molar-refractivity contribution in [2.24, 2.45) is 0 Å². The fourth-order valence-electron chi connectivity index (χ4n) is 6.13. The third-order valence-corrected chi connectivity index (χ3v) is 11.4. The fraction of sp³-hybridized carbons (Fsp3) is 0.545. The Kier molecular flexibility index (Phi) is 10.8. The molecular weight excluding hydrogens is 581 g/mol. The van der Waals surface area contributed by atoms with Gasteiger partial charge in [-0.1, -0.05) is 32.6 Å². The quantitative estimate of drug-likeness (QED) is 0.248. The summed E-state index contributed by atoms with van der Waals surface area (Å²) in [4.78, 5) is 12.8. The molecule has 8 nitrogen and oxygen atoms in total. The number of nitrogens with zero attached hydrogens (tertiary/aromatic N) is 4. The zero-order valence-electron chi connectivity index (χ0n) is 25.8. The Morgan fingerprint density at radius 3 is 2.28 bits per heavy atom. The molecular formula is C33H46N4O4S2. The summed E-state index contributed by atoms with van der Waals surface area (Å²) in [5.74, 6) is 0.671. The number of likely N-dealkylation sites (N-methyl/N-ethyl adjacent to an activating group) is 1. The number of sulfone groups is 1. The highest BCUT2D eigenvalue weighted by Gasteiger charge is 2.29. The Morgan fingerprint density at radius 2 is 1.60 bits per heavy atom. The van der Waals surface area contributed by atoms with Gasteiger partial charge in [-0.05, 0) is 74.8 Å². The molecule has 0 N–H and O–H groups in total. The smallest absolute Gasteiger partial charge is 0.223 e. The lowest BCUT2D eigenvalue weighted by molar-refractivity contribution is 0.0982. The highest BCUT2D eigenvalue weighted by atomic mass is 32.2. The van der Waals surface area contributed by atoms with Crippen molar-refractivity contribution in [1.29, 1.82) is 0 Å². The molecule has 2 saturated heterocycles. The number of fused-ring (bicyclic) bond motifs is 1. The molecule has 43 heavy (non-hydrogen) atoms. The average Bonchev–Trinajstić information content (AvgIpc) is 3.02. The molecule has 10 heteroatoms. The van der Waals surface area contributed by atoms with Crippen LogP contribution in [0.25, 0.3) is 10.9 Å². The van der Waals surface area contributed by atoms with E-state index in [9.17, 15) is 12.6 Å². The molecule has 2 aliphatic heterocycles. The first-order valence-corrected chi connectivity index (χ1v) is 18.7. The van der Waals surface area contributed by atoms with Gasteiger partial charge in [-0.15, -0.1) is 0 Å². The van der Waals surface area contributed by atoms with Crippen molar-refractivity contribution in [3.8, 4) is 5.75 Å². The molecule has 0 amide bonds. The van der Waals surface area contributed by atoms with E-state index in [0.29, 0.717) is 28.8 Å². The van der Waals surface area contributed by atoms with Crippen molar-refractivity contribution in [2.75, 3.05) is 64.1 Å². The summed E-state index contributed by atoms with van der Waals surface area (Å²) in [5, 5.41) is 0.874. The van der Waals surface area contributed by atoms with Gasteiger partial charge in [0.15, 0.2) is 5.03 Å². The third kappa shape index (κ3) is 7.77. The normalized spacial score (nSPS) is 18.3. The molecule has 0 aliphatic carbocycles. The summed E-state index contributed by atoms with van der Waals surface area (Å²) in [5.41, 5.74) is 1.44. The van der Waals surface area contributed by atoms with Crippen molar-refractivity contribution in [1.82, 2.24) is 14.8 Å². The topological polar surface area (TPSA) is 83.1 Å². The highest BCUT2D eigenvalue weighted by molar-refractivity contribution is 7.91. The van der Waals surface area contributed by atoms with Crippen LogP contribution in [0.4, 0.5) is 5.69 Å². The second-order valence-electron chi connectivity index (χ2n) is 11.9. The van der Waals surface area contributed by atoms with Crippen LogP contribution in [-0.2, 0) is 20.6 Å². The zero-order valence-corrected chi connectivity index (χ0v) is 27.5. The molecule has 0 saturated carbocycles. The molecule has 3 heterocycles. The van der Waals surface area contributed by atoms with E-state index in [2.05, 4.69) is 33.7 Å². The molecule has 234 valence electrons. The molecule has 0 spiro atoms. The Morgan fingerprint density at radius 1 is 0.907 bits per heavy atom. The van der Waals surface area contributed by atoms with Crippen LogP contribution in [0.3, 0.4) is 0 Å². The van der Waals surface area contributed by atoms with Crippen LogP contribution in [0, 0.1) is 0 Å². The van der Waals surface area contributed by atoms with E-state index >= 15 is 0 Å². The van der Waals surface area contributed by atoms with Crippen molar-refractivity contribution < 1.29 is 17.4 Å². The number of rotatable bonds is 12. The van der Waals surface area contributed by atoms with Crippen LogP contribution in [0.1, 0.15) is 51.9 Å². The van der Waals surface area contributed by atoms with E-state index < -0.39 is 20.6 Å². The number of hydrogen-bond acceptors (Lipinski definition) is 8. The summed E-state index contributed by atoms with van der Waals surface area (Å²) >= 11 is 0. The van der Waals surface area contributed by atoms with Gasteiger partial charge < -0.3 is 14.5 Å². The molecule has 2 aromatic carbocycles. The summed E-state index contributed by atoms with van der Waals surface area (Å²) in [6.07, 6.45) is 9.50. The van der Waals surface area contributed by atoms with Crippen molar-refractivity contribution in [3.05, 3.63) is 48.5 Å². The van der Waals surface area contributed by atoms with Crippen LogP contribution >= 0.6 is 0 Å². The van der Waals surface area contributed by atoms with Crippen LogP contribution in [0.15, 0.2) is 63.3 Å². The Balaban J connectivity index is 1.37. The standard InChI is InChI=1S/C33H46N4O4S2/c1-4-5-6-7-8-23-41-27-9-12-29(13-10-27)43(39,40)33-25-32(30-24-28(42(3)38)11-14-31(30)34-33)37-17-15-26(16-18-37)36-21-19-35(2)20-22-36/h9-14,24-26H,4-8,15-23H2,1-3H3. The first kappa shape index (κ1) is 31.9. The molecule has 3 aromatic rings. The number of piperazine rings is 1. The minimum atomic E-state index is -3.87. The predicted molar refractivity (Wildman–Crippen MR) is 175 cm³/mol. The lowest BCUT2D eigenvalue weighted by Crippen LogP contribution is -2.52. The van der Waals surface area contributed by atoms with E-state index in [1.165, 1.54) is 19.3 Å². The molecule has 0 bridgehead atoms. The van der Waals surface area contributed by atoms with Gasteiger partial charge >= 0.3 is 0 Å². The lowest BCUT2D eigenvalue weighted by atomic mass is 10.0. The predicted octanol–water partition coefficient (Wildman–Crippen LogP) is 5.37. The third-order valence-electron chi connectivity index (χ3n) is 8.85. The van der Waals surface area contributed by atoms with E-state index in [1.807, 2.05) is 6.07 Å². The van der Waals surface area contributed by atoms with Gasteiger partial charge in [0.25, 0.3) is 0 Å². The van der Waals surface area contributed by atoms with E-state index in [1.54, 1.807) is 48.7 Å². The largest absolute Gasteiger partial charge is 0.494 e. The summed E-state index contributed by atoms with van der Waals surface area (Å²) in [7, 11) is -2.85. The molecule has 1 unspecified atom stereocenters. The highest BCUT2D eigenvalue weighted by Crippen LogP contribution is 2.34. The Labute approximate surface area is 259 Å². The van der Waals surface area contributed by atoms with Crippen molar-refractivity contribution in [2.45, 2.75) is 72.7 Å².